The zero-order valence-corrected chi connectivity index (χ0v) is 8.51. The minimum atomic E-state index is -0.187. The zero-order valence-electron chi connectivity index (χ0n) is 8.51. The molecule has 1 aliphatic heterocycles. The SMILES string of the molecule is CC(N)C1CCN(CCCF)CC1. The zero-order chi connectivity index (χ0) is 9.68. The van der Waals surface area contributed by atoms with E-state index >= 15 is 0 Å². The summed E-state index contributed by atoms with van der Waals surface area (Å²) in [6.45, 7) is 5.02. The topological polar surface area (TPSA) is 29.3 Å². The quantitative estimate of drug-likeness (QED) is 0.722. The van der Waals surface area contributed by atoms with Crippen molar-refractivity contribution in [2.24, 2.45) is 11.7 Å². The number of rotatable bonds is 4. The second-order valence-corrected chi connectivity index (χ2v) is 4.08. The lowest BCUT2D eigenvalue weighted by Crippen LogP contribution is -2.40. The van der Waals surface area contributed by atoms with Gasteiger partial charge < -0.3 is 10.6 Å². The molecule has 1 saturated heterocycles. The number of halogens is 1. The summed E-state index contributed by atoms with van der Waals surface area (Å²) in [5, 5.41) is 0. The van der Waals surface area contributed by atoms with Gasteiger partial charge in [0.05, 0.1) is 6.67 Å². The van der Waals surface area contributed by atoms with Crippen molar-refractivity contribution >= 4 is 0 Å². The molecule has 0 aromatic carbocycles. The van der Waals surface area contributed by atoms with E-state index in [1.54, 1.807) is 0 Å². The van der Waals surface area contributed by atoms with Crippen LogP contribution < -0.4 is 5.73 Å². The predicted molar refractivity (Wildman–Crippen MR) is 53.4 cm³/mol. The first kappa shape index (κ1) is 10.9. The van der Waals surface area contributed by atoms with E-state index in [-0.39, 0.29) is 6.67 Å². The molecular formula is C10H21FN2. The Kier molecular flexibility index (Phi) is 4.67. The van der Waals surface area contributed by atoms with Crippen LogP contribution in [0, 0.1) is 5.92 Å². The fraction of sp³-hybridized carbons (Fsp3) is 1.00. The van der Waals surface area contributed by atoms with Gasteiger partial charge in [-0.15, -0.1) is 0 Å². The summed E-state index contributed by atoms with van der Waals surface area (Å²) < 4.78 is 11.9. The third-order valence-corrected chi connectivity index (χ3v) is 2.98. The molecule has 0 aromatic heterocycles. The molecule has 0 amide bonds. The Hall–Kier alpha value is -0.150. The number of hydrogen-bond acceptors (Lipinski definition) is 2. The first-order valence-corrected chi connectivity index (χ1v) is 5.28. The van der Waals surface area contributed by atoms with Crippen molar-refractivity contribution < 1.29 is 4.39 Å². The fourth-order valence-electron chi connectivity index (χ4n) is 1.99. The summed E-state index contributed by atoms with van der Waals surface area (Å²) in [6, 6.07) is 0.323. The highest BCUT2D eigenvalue weighted by Crippen LogP contribution is 2.19. The average Bonchev–Trinajstić information content (AvgIpc) is 2.15. The normalized spacial score (nSPS) is 23.3. The maximum absolute atomic E-state index is 11.9. The van der Waals surface area contributed by atoms with E-state index in [0.29, 0.717) is 18.4 Å². The van der Waals surface area contributed by atoms with Gasteiger partial charge in [0, 0.05) is 12.6 Å². The highest BCUT2D eigenvalue weighted by molar-refractivity contribution is 4.77. The summed E-state index contributed by atoms with van der Waals surface area (Å²) in [7, 11) is 0. The molecule has 1 aliphatic rings. The largest absolute Gasteiger partial charge is 0.328 e. The second kappa shape index (κ2) is 5.55. The molecule has 1 atom stereocenters. The van der Waals surface area contributed by atoms with Crippen LogP contribution in [0.5, 0.6) is 0 Å². The van der Waals surface area contributed by atoms with Gasteiger partial charge >= 0.3 is 0 Å². The molecule has 0 aromatic rings. The molecule has 1 rings (SSSR count). The molecule has 0 bridgehead atoms. The van der Waals surface area contributed by atoms with Gasteiger partial charge in [0.15, 0.2) is 0 Å². The van der Waals surface area contributed by atoms with E-state index in [2.05, 4.69) is 11.8 Å². The molecule has 3 heteroatoms. The maximum Gasteiger partial charge on any atom is 0.0906 e. The Bertz CT molecular complexity index is 131. The Balaban J connectivity index is 2.15. The van der Waals surface area contributed by atoms with Gasteiger partial charge in [-0.25, -0.2) is 0 Å². The number of alkyl halides is 1. The van der Waals surface area contributed by atoms with Crippen LogP contribution in [0.2, 0.25) is 0 Å². The molecule has 13 heavy (non-hydrogen) atoms. The van der Waals surface area contributed by atoms with Crippen molar-refractivity contribution in [3.63, 3.8) is 0 Å². The lowest BCUT2D eigenvalue weighted by Gasteiger charge is -2.33. The molecule has 1 heterocycles. The lowest BCUT2D eigenvalue weighted by molar-refractivity contribution is 0.167. The van der Waals surface area contributed by atoms with Gasteiger partial charge in [0.25, 0.3) is 0 Å². The average molecular weight is 188 g/mol. The Morgan fingerprint density at radius 2 is 2.08 bits per heavy atom. The minimum absolute atomic E-state index is 0.187. The number of nitrogens with zero attached hydrogens (tertiary/aromatic N) is 1. The molecule has 2 N–H and O–H groups in total. The van der Waals surface area contributed by atoms with Crippen molar-refractivity contribution in [2.45, 2.75) is 32.2 Å². The maximum atomic E-state index is 11.9. The number of hydrogen-bond donors (Lipinski definition) is 1. The Morgan fingerprint density at radius 3 is 2.54 bits per heavy atom. The monoisotopic (exact) mass is 188 g/mol. The molecule has 0 spiro atoms. The van der Waals surface area contributed by atoms with Gasteiger partial charge in [-0.2, -0.15) is 0 Å². The van der Waals surface area contributed by atoms with Crippen molar-refractivity contribution in [1.82, 2.24) is 4.90 Å². The highest BCUT2D eigenvalue weighted by Gasteiger charge is 2.21. The van der Waals surface area contributed by atoms with Gasteiger partial charge in [0.2, 0.25) is 0 Å². The van der Waals surface area contributed by atoms with E-state index < -0.39 is 0 Å². The van der Waals surface area contributed by atoms with Crippen molar-refractivity contribution in [1.29, 1.82) is 0 Å². The van der Waals surface area contributed by atoms with Crippen LogP contribution in [0.25, 0.3) is 0 Å². The van der Waals surface area contributed by atoms with E-state index in [1.165, 1.54) is 12.8 Å². The van der Waals surface area contributed by atoms with E-state index in [4.69, 9.17) is 5.73 Å². The summed E-state index contributed by atoms with van der Waals surface area (Å²) in [6.07, 6.45) is 3.05. The molecule has 78 valence electrons. The number of piperidine rings is 1. The van der Waals surface area contributed by atoms with Crippen LogP contribution in [-0.2, 0) is 0 Å². The second-order valence-electron chi connectivity index (χ2n) is 4.08. The van der Waals surface area contributed by atoms with E-state index in [0.717, 1.165) is 19.6 Å². The van der Waals surface area contributed by atoms with Crippen LogP contribution in [0.3, 0.4) is 0 Å². The van der Waals surface area contributed by atoms with Crippen LogP contribution in [-0.4, -0.2) is 37.3 Å². The lowest BCUT2D eigenvalue weighted by atomic mass is 9.91. The Labute approximate surface area is 80.3 Å². The predicted octanol–water partition coefficient (Wildman–Crippen LogP) is 1.41. The standard InChI is InChI=1S/C10H21FN2/c1-9(12)10-3-7-13(8-4-10)6-2-5-11/h9-10H,2-8,12H2,1H3. The molecule has 0 radical (unpaired) electrons. The molecule has 1 fully saturated rings. The van der Waals surface area contributed by atoms with Crippen LogP contribution in [0.4, 0.5) is 4.39 Å². The number of nitrogens with two attached hydrogens (primary N) is 1. The Morgan fingerprint density at radius 1 is 1.46 bits per heavy atom. The summed E-state index contributed by atoms with van der Waals surface area (Å²) in [5.41, 5.74) is 5.83. The van der Waals surface area contributed by atoms with Gasteiger partial charge in [-0.1, -0.05) is 0 Å². The molecular weight excluding hydrogens is 167 g/mol. The summed E-state index contributed by atoms with van der Waals surface area (Å²) in [5.74, 6) is 0.682. The molecule has 0 saturated carbocycles. The highest BCUT2D eigenvalue weighted by atomic mass is 19.1. The third-order valence-electron chi connectivity index (χ3n) is 2.98. The van der Waals surface area contributed by atoms with Gasteiger partial charge in [-0.3, -0.25) is 4.39 Å². The van der Waals surface area contributed by atoms with Crippen LogP contribution in [0.1, 0.15) is 26.2 Å². The van der Waals surface area contributed by atoms with Crippen molar-refractivity contribution in [3.8, 4) is 0 Å². The third kappa shape index (κ3) is 3.61. The fourth-order valence-corrected chi connectivity index (χ4v) is 1.99. The minimum Gasteiger partial charge on any atom is -0.328 e. The van der Waals surface area contributed by atoms with Gasteiger partial charge in [0.1, 0.15) is 0 Å². The van der Waals surface area contributed by atoms with Crippen molar-refractivity contribution in [3.05, 3.63) is 0 Å². The van der Waals surface area contributed by atoms with Crippen LogP contribution in [0.15, 0.2) is 0 Å². The molecule has 1 unspecified atom stereocenters. The molecule has 2 nitrogen and oxygen atoms in total. The van der Waals surface area contributed by atoms with Gasteiger partial charge in [-0.05, 0) is 45.2 Å². The van der Waals surface area contributed by atoms with E-state index in [9.17, 15) is 4.39 Å². The van der Waals surface area contributed by atoms with Crippen molar-refractivity contribution in [2.75, 3.05) is 26.3 Å². The summed E-state index contributed by atoms with van der Waals surface area (Å²) >= 11 is 0. The van der Waals surface area contributed by atoms with Crippen LogP contribution >= 0.6 is 0 Å². The number of likely N-dealkylation sites (tertiary alicyclic amines) is 1. The first-order chi connectivity index (χ1) is 6.24. The smallest absolute Gasteiger partial charge is 0.0906 e. The first-order valence-electron chi connectivity index (χ1n) is 5.28. The summed E-state index contributed by atoms with van der Waals surface area (Å²) in [4.78, 5) is 2.35. The molecule has 0 aliphatic carbocycles. The van der Waals surface area contributed by atoms with E-state index in [1.807, 2.05) is 0 Å².